The summed E-state index contributed by atoms with van der Waals surface area (Å²) in [4.78, 5) is 3.86. The summed E-state index contributed by atoms with van der Waals surface area (Å²) in [7, 11) is 0. The molecule has 1 heterocycles. The quantitative estimate of drug-likeness (QED) is 0.809. The Balaban J connectivity index is 1.85. The molecule has 1 fully saturated rings. The van der Waals surface area contributed by atoms with Crippen molar-refractivity contribution in [3.8, 4) is 5.75 Å². The van der Waals surface area contributed by atoms with Crippen LogP contribution in [0.2, 0.25) is 0 Å². The molecular weight excluding hydrogens is 280 g/mol. The number of anilines is 2. The Kier molecular flexibility index (Phi) is 4.06. The fourth-order valence-electron chi connectivity index (χ4n) is 2.45. The normalized spacial score (nSPS) is 14.4. The number of nitrogens with two attached hydrogens (primary N) is 1. The zero-order chi connectivity index (χ0) is 14.8. The smallest absolute Gasteiger partial charge is 0.144 e. The van der Waals surface area contributed by atoms with Crippen LogP contribution in [0.1, 0.15) is 31.6 Å². The SMILES string of the molecule is CC(C)Oc1cc(N(Cc2cccs2)C2CC2)ccc1N. The molecule has 0 aliphatic heterocycles. The Labute approximate surface area is 130 Å². The Hall–Kier alpha value is -1.68. The highest BCUT2D eigenvalue weighted by molar-refractivity contribution is 7.09. The second-order valence-electron chi connectivity index (χ2n) is 5.83. The minimum atomic E-state index is 0.134. The van der Waals surface area contributed by atoms with Crippen LogP contribution in [0.3, 0.4) is 0 Å². The minimum absolute atomic E-state index is 0.134. The third-order valence-electron chi connectivity index (χ3n) is 3.59. The average Bonchev–Trinajstić information content (AvgIpc) is 3.15. The molecule has 2 N–H and O–H groups in total. The molecule has 1 aromatic heterocycles. The van der Waals surface area contributed by atoms with E-state index in [4.69, 9.17) is 10.5 Å². The highest BCUT2D eigenvalue weighted by atomic mass is 32.1. The van der Waals surface area contributed by atoms with E-state index in [1.165, 1.54) is 23.4 Å². The van der Waals surface area contributed by atoms with Gasteiger partial charge in [0.25, 0.3) is 0 Å². The van der Waals surface area contributed by atoms with Crippen LogP contribution in [-0.4, -0.2) is 12.1 Å². The number of hydrogen-bond donors (Lipinski definition) is 1. The van der Waals surface area contributed by atoms with E-state index in [1.54, 1.807) is 0 Å². The van der Waals surface area contributed by atoms with Gasteiger partial charge in [-0.3, -0.25) is 0 Å². The maximum absolute atomic E-state index is 6.02. The van der Waals surface area contributed by atoms with Crippen LogP contribution in [-0.2, 0) is 6.54 Å². The molecular formula is C17H22N2OS. The number of thiophene rings is 1. The van der Waals surface area contributed by atoms with Gasteiger partial charge in [-0.1, -0.05) is 6.07 Å². The molecule has 1 aliphatic rings. The first-order valence-corrected chi connectivity index (χ1v) is 8.36. The number of nitrogen functional groups attached to an aromatic ring is 1. The summed E-state index contributed by atoms with van der Waals surface area (Å²) in [6.45, 7) is 5.01. The lowest BCUT2D eigenvalue weighted by Gasteiger charge is -2.25. The molecule has 0 amide bonds. The van der Waals surface area contributed by atoms with E-state index in [0.717, 1.165) is 12.3 Å². The van der Waals surface area contributed by atoms with E-state index < -0.39 is 0 Å². The number of ether oxygens (including phenoxy) is 1. The van der Waals surface area contributed by atoms with E-state index in [9.17, 15) is 0 Å². The van der Waals surface area contributed by atoms with Crippen molar-refractivity contribution in [2.24, 2.45) is 0 Å². The first kappa shape index (κ1) is 14.3. The van der Waals surface area contributed by atoms with Gasteiger partial charge in [-0.2, -0.15) is 0 Å². The van der Waals surface area contributed by atoms with Gasteiger partial charge in [0.15, 0.2) is 0 Å². The molecule has 0 unspecified atom stereocenters. The maximum atomic E-state index is 6.02. The average molecular weight is 302 g/mol. The van der Waals surface area contributed by atoms with Crippen LogP contribution in [0.4, 0.5) is 11.4 Å². The zero-order valence-corrected chi connectivity index (χ0v) is 13.4. The summed E-state index contributed by atoms with van der Waals surface area (Å²) in [5.74, 6) is 0.791. The fraction of sp³-hybridized carbons (Fsp3) is 0.412. The molecule has 3 nitrogen and oxygen atoms in total. The number of rotatable bonds is 6. The van der Waals surface area contributed by atoms with Crippen LogP contribution >= 0.6 is 11.3 Å². The Morgan fingerprint density at radius 1 is 1.33 bits per heavy atom. The molecule has 2 aromatic rings. The summed E-state index contributed by atoms with van der Waals surface area (Å²) < 4.78 is 5.82. The molecule has 4 heteroatoms. The third kappa shape index (κ3) is 3.50. The largest absolute Gasteiger partial charge is 0.489 e. The molecule has 1 saturated carbocycles. The molecule has 0 atom stereocenters. The lowest BCUT2D eigenvalue weighted by molar-refractivity contribution is 0.244. The first-order chi connectivity index (χ1) is 10.1. The second-order valence-corrected chi connectivity index (χ2v) is 6.86. The predicted molar refractivity (Wildman–Crippen MR) is 90.1 cm³/mol. The molecule has 0 saturated heterocycles. The van der Waals surface area contributed by atoms with Crippen LogP contribution in [0.15, 0.2) is 35.7 Å². The number of benzene rings is 1. The van der Waals surface area contributed by atoms with Gasteiger partial charge in [0, 0.05) is 22.7 Å². The van der Waals surface area contributed by atoms with Crippen LogP contribution in [0.5, 0.6) is 5.75 Å². The lowest BCUT2D eigenvalue weighted by atomic mass is 10.2. The van der Waals surface area contributed by atoms with E-state index in [1.807, 2.05) is 31.3 Å². The summed E-state index contributed by atoms with van der Waals surface area (Å²) in [5.41, 5.74) is 7.94. The summed E-state index contributed by atoms with van der Waals surface area (Å²) in [6.07, 6.45) is 2.68. The summed E-state index contributed by atoms with van der Waals surface area (Å²) in [6, 6.07) is 11.1. The van der Waals surface area contributed by atoms with Gasteiger partial charge >= 0.3 is 0 Å². The van der Waals surface area contributed by atoms with Gasteiger partial charge in [0.2, 0.25) is 0 Å². The monoisotopic (exact) mass is 302 g/mol. The van der Waals surface area contributed by atoms with Crippen molar-refractivity contribution < 1.29 is 4.74 Å². The van der Waals surface area contributed by atoms with Crippen molar-refractivity contribution in [1.29, 1.82) is 0 Å². The summed E-state index contributed by atoms with van der Waals surface area (Å²) >= 11 is 1.81. The van der Waals surface area contributed by atoms with Crippen LogP contribution < -0.4 is 15.4 Å². The summed E-state index contributed by atoms with van der Waals surface area (Å²) in [5, 5.41) is 2.14. The van der Waals surface area contributed by atoms with Crippen molar-refractivity contribution in [1.82, 2.24) is 0 Å². The minimum Gasteiger partial charge on any atom is -0.489 e. The molecule has 1 aliphatic carbocycles. The molecule has 0 spiro atoms. The van der Waals surface area contributed by atoms with Crippen LogP contribution in [0.25, 0.3) is 0 Å². The van der Waals surface area contributed by atoms with Crippen molar-refractivity contribution in [3.63, 3.8) is 0 Å². The van der Waals surface area contributed by atoms with Gasteiger partial charge in [0.05, 0.1) is 18.3 Å². The van der Waals surface area contributed by atoms with Gasteiger partial charge in [-0.05, 0) is 50.3 Å². The molecule has 21 heavy (non-hydrogen) atoms. The maximum Gasteiger partial charge on any atom is 0.144 e. The fourth-order valence-corrected chi connectivity index (χ4v) is 3.15. The Bertz CT molecular complexity index is 591. The van der Waals surface area contributed by atoms with Gasteiger partial charge in [-0.25, -0.2) is 0 Å². The van der Waals surface area contributed by atoms with Crippen molar-refractivity contribution in [2.75, 3.05) is 10.6 Å². The number of nitrogens with zero attached hydrogens (tertiary/aromatic N) is 1. The molecule has 0 bridgehead atoms. The highest BCUT2D eigenvalue weighted by Crippen LogP contribution is 2.37. The standard InChI is InChI=1S/C17H22N2OS/c1-12(2)20-17-10-14(7-8-16(17)18)19(13-5-6-13)11-15-4-3-9-21-15/h3-4,7-10,12-13H,5-6,11,18H2,1-2H3. The van der Waals surface area contributed by atoms with Crippen molar-refractivity contribution in [2.45, 2.75) is 45.4 Å². The van der Waals surface area contributed by atoms with E-state index in [-0.39, 0.29) is 6.10 Å². The topological polar surface area (TPSA) is 38.5 Å². The Morgan fingerprint density at radius 3 is 2.76 bits per heavy atom. The van der Waals surface area contributed by atoms with E-state index in [2.05, 4.69) is 34.5 Å². The number of hydrogen-bond acceptors (Lipinski definition) is 4. The highest BCUT2D eigenvalue weighted by Gasteiger charge is 2.29. The van der Waals surface area contributed by atoms with Crippen molar-refractivity contribution in [3.05, 3.63) is 40.6 Å². The second kappa shape index (κ2) is 5.98. The zero-order valence-electron chi connectivity index (χ0n) is 12.6. The third-order valence-corrected chi connectivity index (χ3v) is 4.45. The molecule has 112 valence electrons. The van der Waals surface area contributed by atoms with E-state index >= 15 is 0 Å². The van der Waals surface area contributed by atoms with Crippen molar-refractivity contribution >= 4 is 22.7 Å². The molecule has 0 radical (unpaired) electrons. The van der Waals surface area contributed by atoms with Gasteiger partial charge < -0.3 is 15.4 Å². The molecule has 3 rings (SSSR count). The first-order valence-electron chi connectivity index (χ1n) is 7.48. The predicted octanol–water partition coefficient (Wildman–Crippen LogP) is 4.29. The van der Waals surface area contributed by atoms with Gasteiger partial charge in [0.1, 0.15) is 5.75 Å². The van der Waals surface area contributed by atoms with E-state index in [0.29, 0.717) is 11.7 Å². The molecule has 1 aromatic carbocycles. The van der Waals surface area contributed by atoms with Crippen LogP contribution in [0, 0.1) is 0 Å². The lowest BCUT2D eigenvalue weighted by Crippen LogP contribution is -2.24. The van der Waals surface area contributed by atoms with Gasteiger partial charge in [-0.15, -0.1) is 11.3 Å². The Morgan fingerprint density at radius 2 is 2.14 bits per heavy atom.